The summed E-state index contributed by atoms with van der Waals surface area (Å²) in [7, 11) is 0. The highest BCUT2D eigenvalue weighted by atomic mass is 35.5. The largest absolute Gasteiger partial charge is 0.423 e. The summed E-state index contributed by atoms with van der Waals surface area (Å²) >= 11 is 6.24. The van der Waals surface area contributed by atoms with Crippen molar-refractivity contribution in [3.8, 4) is 5.75 Å². The number of nitrogens with one attached hydrogen (secondary N) is 1. The number of imide groups is 1. The molecule has 0 aromatic heterocycles. The molecule has 3 aromatic carbocycles. The summed E-state index contributed by atoms with van der Waals surface area (Å²) in [6.07, 6.45) is 0.840. The molecule has 0 spiro atoms. The van der Waals surface area contributed by atoms with Crippen LogP contribution in [0.1, 0.15) is 34.0 Å². The molecule has 0 radical (unpaired) electrons. The Balaban J connectivity index is 1.49. The van der Waals surface area contributed by atoms with Gasteiger partial charge < -0.3 is 10.1 Å². The van der Waals surface area contributed by atoms with Crippen LogP contribution in [0.3, 0.4) is 0 Å². The molecule has 0 saturated heterocycles. The molecule has 34 heavy (non-hydrogen) atoms. The number of aryl methyl sites for hydroxylation is 2. The van der Waals surface area contributed by atoms with Gasteiger partial charge in [-0.3, -0.25) is 9.59 Å². The van der Waals surface area contributed by atoms with Gasteiger partial charge in [0, 0.05) is 5.69 Å². The van der Waals surface area contributed by atoms with Crippen LogP contribution in [0.15, 0.2) is 77.5 Å². The number of ether oxygens (including phenoxy) is 1. The standard InChI is InChI=1S/C27H23ClN2O4/c1-4-18-8-6-9-21(15-18)34-27(33)19-11-13-20(14-12-19)29-24-23(28)25(31)30(26(24)32)22-10-5-7-16(2)17(22)3/h5-15,29H,4H2,1-3H3. The predicted molar refractivity (Wildman–Crippen MR) is 132 cm³/mol. The van der Waals surface area contributed by atoms with Gasteiger partial charge in [0.1, 0.15) is 16.5 Å². The lowest BCUT2D eigenvalue weighted by molar-refractivity contribution is -0.120. The molecule has 6 nitrogen and oxygen atoms in total. The first-order valence-corrected chi connectivity index (χ1v) is 11.2. The van der Waals surface area contributed by atoms with E-state index in [1.165, 1.54) is 0 Å². The minimum atomic E-state index is -0.586. The van der Waals surface area contributed by atoms with Gasteiger partial charge in [0.2, 0.25) is 0 Å². The normalized spacial score (nSPS) is 13.5. The van der Waals surface area contributed by atoms with E-state index >= 15 is 0 Å². The quantitative estimate of drug-likeness (QED) is 0.289. The molecule has 0 fully saturated rings. The number of halogens is 1. The number of hydrogen-bond donors (Lipinski definition) is 1. The maximum Gasteiger partial charge on any atom is 0.343 e. The van der Waals surface area contributed by atoms with E-state index < -0.39 is 17.8 Å². The number of hydrogen-bond acceptors (Lipinski definition) is 5. The van der Waals surface area contributed by atoms with Gasteiger partial charge in [-0.15, -0.1) is 0 Å². The Labute approximate surface area is 202 Å². The van der Waals surface area contributed by atoms with Crippen LogP contribution in [0.4, 0.5) is 11.4 Å². The first kappa shape index (κ1) is 23.3. The maximum atomic E-state index is 13.1. The molecule has 1 N–H and O–H groups in total. The first-order valence-electron chi connectivity index (χ1n) is 10.8. The van der Waals surface area contributed by atoms with Crippen molar-refractivity contribution in [1.29, 1.82) is 0 Å². The third kappa shape index (κ3) is 4.45. The van der Waals surface area contributed by atoms with Gasteiger partial charge in [-0.2, -0.15) is 0 Å². The van der Waals surface area contributed by atoms with E-state index in [4.69, 9.17) is 16.3 Å². The zero-order valence-electron chi connectivity index (χ0n) is 19.0. The van der Waals surface area contributed by atoms with Crippen molar-refractivity contribution in [2.24, 2.45) is 0 Å². The minimum Gasteiger partial charge on any atom is -0.423 e. The number of carbonyl (C=O) groups excluding carboxylic acids is 3. The molecule has 3 aromatic rings. The van der Waals surface area contributed by atoms with Crippen molar-refractivity contribution in [1.82, 2.24) is 0 Å². The van der Waals surface area contributed by atoms with Crippen molar-refractivity contribution in [3.63, 3.8) is 0 Å². The molecule has 172 valence electrons. The van der Waals surface area contributed by atoms with Crippen molar-refractivity contribution < 1.29 is 19.1 Å². The molecule has 0 saturated carbocycles. The highest BCUT2D eigenvalue weighted by molar-refractivity contribution is 6.53. The van der Waals surface area contributed by atoms with Crippen LogP contribution in [0.25, 0.3) is 0 Å². The van der Waals surface area contributed by atoms with Crippen LogP contribution >= 0.6 is 11.6 Å². The number of esters is 1. The van der Waals surface area contributed by atoms with E-state index in [9.17, 15) is 14.4 Å². The fourth-order valence-corrected chi connectivity index (χ4v) is 3.85. The Bertz CT molecular complexity index is 1330. The molecule has 1 aliphatic rings. The third-order valence-corrected chi connectivity index (χ3v) is 6.10. The molecule has 7 heteroatoms. The third-order valence-electron chi connectivity index (χ3n) is 5.75. The number of nitrogens with zero attached hydrogens (tertiary/aromatic N) is 1. The Morgan fingerprint density at radius 3 is 2.38 bits per heavy atom. The lowest BCUT2D eigenvalue weighted by Crippen LogP contribution is -2.33. The van der Waals surface area contributed by atoms with E-state index in [1.54, 1.807) is 42.5 Å². The number of anilines is 2. The highest BCUT2D eigenvalue weighted by Crippen LogP contribution is 2.33. The van der Waals surface area contributed by atoms with Gasteiger partial charge >= 0.3 is 5.97 Å². The summed E-state index contributed by atoms with van der Waals surface area (Å²) in [5.74, 6) is -1.14. The summed E-state index contributed by atoms with van der Waals surface area (Å²) in [6, 6.07) is 19.2. The topological polar surface area (TPSA) is 75.7 Å². The second-order valence-electron chi connectivity index (χ2n) is 7.95. The second-order valence-corrected chi connectivity index (χ2v) is 8.32. The molecule has 4 rings (SSSR count). The zero-order valence-corrected chi connectivity index (χ0v) is 19.8. The lowest BCUT2D eigenvalue weighted by atomic mass is 10.1. The van der Waals surface area contributed by atoms with Crippen molar-refractivity contribution in [3.05, 3.63) is 99.7 Å². The Morgan fingerprint density at radius 1 is 0.971 bits per heavy atom. The van der Waals surface area contributed by atoms with Gasteiger partial charge in [-0.25, -0.2) is 9.69 Å². The molecule has 0 aliphatic carbocycles. The van der Waals surface area contributed by atoms with Gasteiger partial charge in [0.05, 0.1) is 11.3 Å². The number of amides is 2. The van der Waals surface area contributed by atoms with E-state index in [1.807, 2.05) is 45.0 Å². The monoisotopic (exact) mass is 474 g/mol. The summed E-state index contributed by atoms with van der Waals surface area (Å²) < 4.78 is 5.45. The van der Waals surface area contributed by atoms with Crippen molar-refractivity contribution in [2.75, 3.05) is 10.2 Å². The summed E-state index contributed by atoms with van der Waals surface area (Å²) in [5.41, 5.74) is 4.18. The Morgan fingerprint density at radius 2 is 1.68 bits per heavy atom. The number of benzene rings is 3. The zero-order chi connectivity index (χ0) is 24.4. The summed E-state index contributed by atoms with van der Waals surface area (Å²) in [4.78, 5) is 39.4. The van der Waals surface area contributed by atoms with Crippen molar-refractivity contribution >= 4 is 40.8 Å². The fraction of sp³-hybridized carbons (Fsp3) is 0.148. The first-order chi connectivity index (χ1) is 16.3. The lowest BCUT2D eigenvalue weighted by Gasteiger charge is -2.18. The molecule has 2 amide bonds. The molecular formula is C27H23ClN2O4. The molecule has 0 atom stereocenters. The number of carbonyl (C=O) groups is 3. The SMILES string of the molecule is CCc1cccc(OC(=O)c2ccc(NC3=C(Cl)C(=O)N(c4cccc(C)c4C)C3=O)cc2)c1. The highest BCUT2D eigenvalue weighted by Gasteiger charge is 2.39. The minimum absolute atomic E-state index is 0.0146. The summed E-state index contributed by atoms with van der Waals surface area (Å²) in [5, 5.41) is 2.73. The van der Waals surface area contributed by atoms with Gasteiger partial charge in [0.15, 0.2) is 0 Å². The second kappa shape index (κ2) is 9.53. The average Bonchev–Trinajstić information content (AvgIpc) is 3.04. The smallest absolute Gasteiger partial charge is 0.343 e. The van der Waals surface area contributed by atoms with Gasteiger partial charge in [0.25, 0.3) is 11.8 Å². The average molecular weight is 475 g/mol. The van der Waals surface area contributed by atoms with Crippen LogP contribution in [-0.4, -0.2) is 17.8 Å². The maximum absolute atomic E-state index is 13.1. The predicted octanol–water partition coefficient (Wildman–Crippen LogP) is 5.52. The molecule has 1 heterocycles. The Kier molecular flexibility index (Phi) is 6.52. The summed E-state index contributed by atoms with van der Waals surface area (Å²) in [6.45, 7) is 5.78. The Hall–Kier alpha value is -3.90. The van der Waals surface area contributed by atoms with E-state index in [0.717, 1.165) is 28.0 Å². The van der Waals surface area contributed by atoms with Crippen LogP contribution in [0.2, 0.25) is 0 Å². The van der Waals surface area contributed by atoms with E-state index in [2.05, 4.69) is 5.32 Å². The molecular weight excluding hydrogens is 452 g/mol. The number of rotatable bonds is 6. The van der Waals surface area contributed by atoms with Gasteiger partial charge in [-0.1, -0.05) is 42.8 Å². The van der Waals surface area contributed by atoms with Crippen LogP contribution in [0, 0.1) is 13.8 Å². The molecule has 1 aliphatic heterocycles. The molecule has 0 unspecified atom stereocenters. The van der Waals surface area contributed by atoms with Crippen LogP contribution < -0.4 is 15.0 Å². The fourth-order valence-electron chi connectivity index (χ4n) is 3.64. The van der Waals surface area contributed by atoms with Gasteiger partial charge in [-0.05, 0) is 79.4 Å². The van der Waals surface area contributed by atoms with Crippen LogP contribution in [-0.2, 0) is 16.0 Å². The van der Waals surface area contributed by atoms with E-state index in [0.29, 0.717) is 22.7 Å². The molecule has 0 bridgehead atoms. The van der Waals surface area contributed by atoms with Crippen molar-refractivity contribution in [2.45, 2.75) is 27.2 Å². The van der Waals surface area contributed by atoms with Crippen LogP contribution in [0.5, 0.6) is 5.75 Å². The van der Waals surface area contributed by atoms with E-state index in [-0.39, 0.29) is 10.7 Å².